The van der Waals surface area contributed by atoms with Gasteiger partial charge in [0.15, 0.2) is 5.82 Å². The van der Waals surface area contributed by atoms with Gasteiger partial charge in [0.05, 0.1) is 0 Å². The van der Waals surface area contributed by atoms with Crippen molar-refractivity contribution >= 4 is 11.8 Å². The van der Waals surface area contributed by atoms with Crippen molar-refractivity contribution in [2.75, 3.05) is 26.7 Å². The smallest absolute Gasteiger partial charge is 0.257 e. The Morgan fingerprint density at radius 2 is 1.81 bits per heavy atom. The number of aromatic nitrogens is 2. The molecule has 0 aliphatic carbocycles. The Bertz CT molecular complexity index is 1540. The van der Waals surface area contributed by atoms with E-state index in [2.05, 4.69) is 39.5 Å². The molecule has 9 heteroatoms. The van der Waals surface area contributed by atoms with Crippen molar-refractivity contribution < 1.29 is 18.8 Å². The maximum absolute atomic E-state index is 13.2. The molecule has 1 N–H and O–H groups in total. The SMILES string of the molecule is Cc1noc(-c2ccc(Oc3cc(C(=O)NC4CCN(C)CC4)ccc3CN3C[C@H](c4ccccc4)CC3=O)cc2)n1. The van der Waals surface area contributed by atoms with Gasteiger partial charge in [0, 0.05) is 48.2 Å². The molecule has 2 saturated heterocycles. The number of amides is 2. The summed E-state index contributed by atoms with van der Waals surface area (Å²) in [4.78, 5) is 34.7. The number of carbonyl (C=O) groups is 2. The molecule has 9 nitrogen and oxygen atoms in total. The van der Waals surface area contributed by atoms with Crippen molar-refractivity contribution in [1.29, 1.82) is 0 Å². The van der Waals surface area contributed by atoms with E-state index in [1.807, 2.05) is 59.5 Å². The third kappa shape index (κ3) is 6.36. The van der Waals surface area contributed by atoms with Crippen LogP contribution in [0.3, 0.4) is 0 Å². The molecule has 2 aliphatic heterocycles. The van der Waals surface area contributed by atoms with Gasteiger partial charge in [0.2, 0.25) is 5.91 Å². The molecule has 3 aromatic carbocycles. The van der Waals surface area contributed by atoms with Gasteiger partial charge in [0.25, 0.3) is 11.8 Å². The molecule has 2 amide bonds. The van der Waals surface area contributed by atoms with Crippen LogP contribution in [0.15, 0.2) is 77.3 Å². The van der Waals surface area contributed by atoms with Crippen LogP contribution in [0.25, 0.3) is 11.5 Å². The van der Waals surface area contributed by atoms with Gasteiger partial charge in [-0.05, 0) is 81.9 Å². The first kappa shape index (κ1) is 27.7. The van der Waals surface area contributed by atoms with Crippen LogP contribution in [0.1, 0.15) is 52.5 Å². The average Bonchev–Trinajstić information content (AvgIpc) is 3.61. The third-order valence-corrected chi connectivity index (χ3v) is 8.09. The summed E-state index contributed by atoms with van der Waals surface area (Å²) in [5, 5.41) is 7.05. The number of rotatable bonds is 8. The van der Waals surface area contributed by atoms with Gasteiger partial charge >= 0.3 is 0 Å². The van der Waals surface area contributed by atoms with Gasteiger partial charge < -0.3 is 24.4 Å². The van der Waals surface area contributed by atoms with Gasteiger partial charge in [0.1, 0.15) is 11.5 Å². The molecular formula is C33H35N5O4. The second-order valence-electron chi connectivity index (χ2n) is 11.2. The van der Waals surface area contributed by atoms with E-state index in [-0.39, 0.29) is 23.8 Å². The average molecular weight is 566 g/mol. The van der Waals surface area contributed by atoms with Crippen LogP contribution in [-0.4, -0.2) is 64.5 Å². The molecule has 3 heterocycles. The lowest BCUT2D eigenvalue weighted by atomic mass is 9.98. The quantitative estimate of drug-likeness (QED) is 0.314. The summed E-state index contributed by atoms with van der Waals surface area (Å²) in [7, 11) is 2.10. The first-order chi connectivity index (χ1) is 20.4. The molecule has 0 saturated carbocycles. The van der Waals surface area contributed by atoms with Crippen molar-refractivity contribution in [2.24, 2.45) is 0 Å². The van der Waals surface area contributed by atoms with Crippen LogP contribution in [0.4, 0.5) is 0 Å². The second kappa shape index (κ2) is 12.2. The highest BCUT2D eigenvalue weighted by Crippen LogP contribution is 2.33. The Morgan fingerprint density at radius 1 is 1.05 bits per heavy atom. The molecule has 0 spiro atoms. The number of piperidine rings is 1. The fourth-order valence-corrected chi connectivity index (χ4v) is 5.63. The van der Waals surface area contributed by atoms with E-state index in [9.17, 15) is 9.59 Å². The fourth-order valence-electron chi connectivity index (χ4n) is 5.63. The number of nitrogens with zero attached hydrogens (tertiary/aromatic N) is 4. The molecule has 2 aliphatic rings. The van der Waals surface area contributed by atoms with Crippen LogP contribution in [0.2, 0.25) is 0 Å². The van der Waals surface area contributed by atoms with Crippen molar-refractivity contribution in [3.05, 3.63) is 95.3 Å². The Hall–Kier alpha value is -4.50. The Labute approximate surface area is 245 Å². The number of ether oxygens (including phenoxy) is 1. The van der Waals surface area contributed by atoms with E-state index in [4.69, 9.17) is 9.26 Å². The predicted octanol–water partition coefficient (Wildman–Crippen LogP) is 5.18. The predicted molar refractivity (Wildman–Crippen MR) is 158 cm³/mol. The number of likely N-dealkylation sites (tertiary alicyclic amines) is 2. The highest BCUT2D eigenvalue weighted by atomic mass is 16.5. The Kier molecular flexibility index (Phi) is 8.01. The fraction of sp³-hybridized carbons (Fsp3) is 0.333. The molecule has 0 unspecified atom stereocenters. The molecule has 216 valence electrons. The van der Waals surface area contributed by atoms with Gasteiger partial charge in [-0.15, -0.1) is 0 Å². The second-order valence-corrected chi connectivity index (χ2v) is 11.2. The topological polar surface area (TPSA) is 101 Å². The normalized spacial score (nSPS) is 17.9. The van der Waals surface area contributed by atoms with Crippen LogP contribution >= 0.6 is 0 Å². The summed E-state index contributed by atoms with van der Waals surface area (Å²) in [6.07, 6.45) is 2.33. The zero-order chi connectivity index (χ0) is 29.1. The molecule has 0 radical (unpaired) electrons. The summed E-state index contributed by atoms with van der Waals surface area (Å²) in [6.45, 7) is 4.73. The zero-order valence-electron chi connectivity index (χ0n) is 24.0. The lowest BCUT2D eigenvalue weighted by Gasteiger charge is -2.29. The van der Waals surface area contributed by atoms with Crippen molar-refractivity contribution in [3.63, 3.8) is 0 Å². The number of aryl methyl sites for hydroxylation is 1. The largest absolute Gasteiger partial charge is 0.457 e. The van der Waals surface area contributed by atoms with Gasteiger partial charge in [-0.2, -0.15) is 4.98 Å². The van der Waals surface area contributed by atoms with E-state index in [1.165, 1.54) is 5.56 Å². The van der Waals surface area contributed by atoms with Crippen molar-refractivity contribution in [1.82, 2.24) is 25.3 Å². The maximum Gasteiger partial charge on any atom is 0.257 e. The number of nitrogens with one attached hydrogen (secondary N) is 1. The lowest BCUT2D eigenvalue weighted by Crippen LogP contribution is -2.43. The first-order valence-corrected chi connectivity index (χ1v) is 14.4. The maximum atomic E-state index is 13.2. The number of benzene rings is 3. The van der Waals surface area contributed by atoms with Crippen LogP contribution < -0.4 is 10.1 Å². The minimum absolute atomic E-state index is 0.109. The first-order valence-electron chi connectivity index (χ1n) is 14.4. The summed E-state index contributed by atoms with van der Waals surface area (Å²) < 4.78 is 11.6. The van der Waals surface area contributed by atoms with E-state index in [0.717, 1.165) is 37.1 Å². The Morgan fingerprint density at radius 3 is 2.52 bits per heavy atom. The standard InChI is InChI=1S/C33H35N5O4/c1-22-34-33(42-36-22)24-10-12-29(13-11-24)41-30-18-25(32(40)35-28-14-16-37(2)17-15-28)8-9-26(30)20-38-21-27(19-31(38)39)23-6-4-3-5-7-23/h3-13,18,27-28H,14-17,19-21H2,1-2H3,(H,35,40)/t27-/m1/s1. The van der Waals surface area contributed by atoms with Gasteiger partial charge in [-0.3, -0.25) is 9.59 Å². The van der Waals surface area contributed by atoms with E-state index in [1.54, 1.807) is 13.0 Å². The molecule has 4 aromatic rings. The third-order valence-electron chi connectivity index (χ3n) is 8.09. The molecule has 0 bridgehead atoms. The van der Waals surface area contributed by atoms with Crippen LogP contribution in [0.5, 0.6) is 11.5 Å². The van der Waals surface area contributed by atoms with Gasteiger partial charge in [-0.25, -0.2) is 0 Å². The van der Waals surface area contributed by atoms with E-state index < -0.39 is 0 Å². The summed E-state index contributed by atoms with van der Waals surface area (Å²) >= 11 is 0. The molecular weight excluding hydrogens is 530 g/mol. The minimum Gasteiger partial charge on any atom is -0.457 e. The minimum atomic E-state index is -0.121. The van der Waals surface area contributed by atoms with Crippen LogP contribution in [0, 0.1) is 6.92 Å². The molecule has 42 heavy (non-hydrogen) atoms. The molecule has 1 atom stereocenters. The summed E-state index contributed by atoms with van der Waals surface area (Å²) in [5.41, 5.74) is 3.32. The van der Waals surface area contributed by atoms with Crippen LogP contribution in [-0.2, 0) is 11.3 Å². The highest BCUT2D eigenvalue weighted by Gasteiger charge is 2.31. The number of hydrogen-bond donors (Lipinski definition) is 1. The zero-order valence-corrected chi connectivity index (χ0v) is 24.0. The van der Waals surface area contributed by atoms with E-state index >= 15 is 0 Å². The Balaban J connectivity index is 1.23. The highest BCUT2D eigenvalue weighted by molar-refractivity contribution is 5.95. The number of hydrogen-bond acceptors (Lipinski definition) is 7. The summed E-state index contributed by atoms with van der Waals surface area (Å²) in [5.74, 6) is 2.29. The molecule has 6 rings (SSSR count). The van der Waals surface area contributed by atoms with Crippen molar-refractivity contribution in [2.45, 2.75) is 44.7 Å². The van der Waals surface area contributed by atoms with Crippen molar-refractivity contribution in [3.8, 4) is 23.0 Å². The monoisotopic (exact) mass is 565 g/mol. The van der Waals surface area contributed by atoms with E-state index in [0.29, 0.717) is 48.3 Å². The lowest BCUT2D eigenvalue weighted by molar-refractivity contribution is -0.128. The number of carbonyl (C=O) groups excluding carboxylic acids is 2. The molecule has 2 fully saturated rings. The van der Waals surface area contributed by atoms with Gasteiger partial charge in [-0.1, -0.05) is 41.6 Å². The summed E-state index contributed by atoms with van der Waals surface area (Å²) in [6, 6.07) is 23.2. The molecule has 1 aromatic heterocycles.